The van der Waals surface area contributed by atoms with E-state index in [1.165, 1.54) is 7.11 Å². The molecule has 6 atom stereocenters. The van der Waals surface area contributed by atoms with E-state index < -0.39 is 36.6 Å². The number of hydrogen-bond acceptors (Lipinski definition) is 8. The standard InChI is InChI=1S/C30H44INO8/c1-3-4-7-10-21(33)14-16-27-22(26(35)19-29(37)40-27)11-8-5-6-9-12-28(36)32-24(30(38)39-2)18-20-13-15-25(34)23(31)17-20/h5,8,13-17,21-22,24,26-27,29,33-35,37H,3-4,6-7,9-12,18-19H2,1-2H3,(H,32,36)/b8-5-,16-14+/t21-,22-,24?,26-,27+,29?/m0/s1/i31-2. The van der Waals surface area contributed by atoms with Crippen LogP contribution in [0.15, 0.2) is 42.5 Å². The van der Waals surface area contributed by atoms with E-state index in [9.17, 15) is 30.0 Å². The third-order valence-electron chi connectivity index (χ3n) is 6.92. The molecule has 1 aromatic carbocycles. The Morgan fingerprint density at radius 3 is 2.70 bits per heavy atom. The molecule has 9 nitrogen and oxygen atoms in total. The molecule has 0 aromatic heterocycles. The summed E-state index contributed by atoms with van der Waals surface area (Å²) in [6.07, 6.45) is 10.5. The number of allylic oxidation sites excluding steroid dienone is 2. The van der Waals surface area contributed by atoms with Crippen molar-refractivity contribution in [2.24, 2.45) is 5.92 Å². The van der Waals surface area contributed by atoms with Gasteiger partial charge in [0.15, 0.2) is 6.29 Å². The van der Waals surface area contributed by atoms with Crippen molar-refractivity contribution in [1.29, 1.82) is 0 Å². The number of carbonyl (C=O) groups excluding carboxylic acids is 2. The van der Waals surface area contributed by atoms with Crippen molar-refractivity contribution in [3.8, 4) is 5.75 Å². The zero-order valence-corrected chi connectivity index (χ0v) is 25.5. The van der Waals surface area contributed by atoms with Gasteiger partial charge in [0.2, 0.25) is 5.91 Å². The molecule has 1 heterocycles. The van der Waals surface area contributed by atoms with Gasteiger partial charge in [-0.2, -0.15) is 0 Å². The van der Waals surface area contributed by atoms with E-state index in [2.05, 4.69) is 12.2 Å². The summed E-state index contributed by atoms with van der Waals surface area (Å²) in [6, 6.07) is 4.19. The molecule has 1 fully saturated rings. The number of amides is 1. The van der Waals surface area contributed by atoms with Gasteiger partial charge in [-0.05, 0) is 66.0 Å². The van der Waals surface area contributed by atoms with Gasteiger partial charge in [-0.15, -0.1) is 0 Å². The number of halogens is 1. The monoisotopic (exact) mass is 671 g/mol. The number of phenols is 1. The SMILES string of the molecule is CCCCC[C@H](O)/C=C/[C@H]1OC(O)C[C@H](O)[C@@H]1C/C=C\CCCC(=O)NC(Cc1ccc(O)c([125I])c1)C(=O)OC. The highest BCUT2D eigenvalue weighted by Gasteiger charge is 2.35. The quantitative estimate of drug-likeness (QED) is 0.0771. The van der Waals surface area contributed by atoms with Crippen molar-refractivity contribution >= 4 is 34.5 Å². The van der Waals surface area contributed by atoms with Crippen LogP contribution >= 0.6 is 22.6 Å². The Morgan fingerprint density at radius 1 is 1.23 bits per heavy atom. The zero-order valence-electron chi connectivity index (χ0n) is 23.4. The first-order chi connectivity index (χ1) is 19.1. The summed E-state index contributed by atoms with van der Waals surface area (Å²) in [5.41, 5.74) is 0.793. The van der Waals surface area contributed by atoms with Crippen LogP contribution in [0.3, 0.4) is 0 Å². The average molecular weight is 672 g/mol. The van der Waals surface area contributed by atoms with E-state index in [0.29, 0.717) is 29.3 Å². The highest BCUT2D eigenvalue weighted by molar-refractivity contribution is 14.1. The number of aliphatic hydroxyl groups excluding tert-OH is 3. The maximum Gasteiger partial charge on any atom is 0.328 e. The lowest BCUT2D eigenvalue weighted by molar-refractivity contribution is -0.199. The minimum Gasteiger partial charge on any atom is -0.507 e. The first-order valence-corrected chi connectivity index (χ1v) is 15.1. The third-order valence-corrected chi connectivity index (χ3v) is 7.79. The predicted molar refractivity (Wildman–Crippen MR) is 160 cm³/mol. The van der Waals surface area contributed by atoms with E-state index in [0.717, 1.165) is 24.8 Å². The maximum absolute atomic E-state index is 12.5. The second-order valence-corrected chi connectivity index (χ2v) is 11.4. The van der Waals surface area contributed by atoms with Crippen LogP contribution in [0, 0.1) is 9.49 Å². The Bertz CT molecular complexity index is 984. The largest absolute Gasteiger partial charge is 0.507 e. The summed E-state index contributed by atoms with van der Waals surface area (Å²) < 4.78 is 11.1. The summed E-state index contributed by atoms with van der Waals surface area (Å²) in [4.78, 5) is 24.7. The summed E-state index contributed by atoms with van der Waals surface area (Å²) in [5.74, 6) is -0.898. The number of phenolic OH excluding ortho intramolecular Hbond substituents is 1. The Kier molecular flexibility index (Phi) is 15.8. The molecule has 10 heteroatoms. The molecule has 5 N–H and O–H groups in total. The smallest absolute Gasteiger partial charge is 0.328 e. The van der Waals surface area contributed by atoms with Crippen molar-refractivity contribution in [3.63, 3.8) is 0 Å². The number of aromatic hydroxyl groups is 1. The van der Waals surface area contributed by atoms with Gasteiger partial charge in [0.1, 0.15) is 11.8 Å². The molecule has 1 aliphatic rings. The van der Waals surface area contributed by atoms with E-state index in [1.54, 1.807) is 30.4 Å². The van der Waals surface area contributed by atoms with Crippen molar-refractivity contribution < 1.29 is 39.5 Å². The summed E-state index contributed by atoms with van der Waals surface area (Å²) in [7, 11) is 1.28. The fraction of sp³-hybridized carbons (Fsp3) is 0.600. The molecule has 1 saturated heterocycles. The molecule has 0 aliphatic carbocycles. The van der Waals surface area contributed by atoms with Crippen LogP contribution in [0.4, 0.5) is 0 Å². The van der Waals surface area contributed by atoms with Gasteiger partial charge in [0, 0.05) is 25.2 Å². The van der Waals surface area contributed by atoms with E-state index >= 15 is 0 Å². The average Bonchev–Trinajstić information content (AvgIpc) is 2.91. The number of unbranched alkanes of at least 4 members (excludes halogenated alkanes) is 3. The zero-order chi connectivity index (χ0) is 29.5. The number of methoxy groups -OCH3 is 1. The molecule has 0 radical (unpaired) electrons. The minimum atomic E-state index is -1.05. The number of esters is 1. The van der Waals surface area contributed by atoms with Crippen molar-refractivity contribution in [2.45, 2.75) is 102 Å². The molecule has 2 unspecified atom stereocenters. The molecule has 40 heavy (non-hydrogen) atoms. The molecule has 0 bridgehead atoms. The van der Waals surface area contributed by atoms with Gasteiger partial charge in [0.05, 0.1) is 29.0 Å². The van der Waals surface area contributed by atoms with Crippen LogP contribution in [0.5, 0.6) is 5.75 Å². The van der Waals surface area contributed by atoms with Crippen molar-refractivity contribution in [3.05, 3.63) is 51.6 Å². The second kappa shape index (κ2) is 18.4. The summed E-state index contributed by atoms with van der Waals surface area (Å²) >= 11 is 2.00. The lowest BCUT2D eigenvalue weighted by atomic mass is 9.87. The number of rotatable bonds is 16. The van der Waals surface area contributed by atoms with E-state index in [-0.39, 0.29) is 36.8 Å². The maximum atomic E-state index is 12.5. The van der Waals surface area contributed by atoms with Gasteiger partial charge in [-0.25, -0.2) is 4.79 Å². The van der Waals surface area contributed by atoms with Crippen LogP contribution < -0.4 is 5.32 Å². The van der Waals surface area contributed by atoms with Crippen LogP contribution in [0.2, 0.25) is 0 Å². The number of carbonyl (C=O) groups is 2. The molecular weight excluding hydrogens is 627 g/mol. The fourth-order valence-corrected chi connectivity index (χ4v) is 5.20. The molecule has 1 amide bonds. The molecule has 2 rings (SSSR count). The van der Waals surface area contributed by atoms with Gasteiger partial charge in [-0.1, -0.05) is 56.6 Å². The number of hydrogen-bond donors (Lipinski definition) is 5. The molecule has 1 aliphatic heterocycles. The van der Waals surface area contributed by atoms with Gasteiger partial charge in [0.25, 0.3) is 0 Å². The van der Waals surface area contributed by atoms with Crippen LogP contribution in [-0.2, 0) is 25.5 Å². The number of ether oxygens (including phenoxy) is 2. The molecule has 1 aromatic rings. The highest BCUT2D eigenvalue weighted by Crippen LogP contribution is 2.29. The van der Waals surface area contributed by atoms with Crippen molar-refractivity contribution in [2.75, 3.05) is 7.11 Å². The van der Waals surface area contributed by atoms with Crippen molar-refractivity contribution in [1.82, 2.24) is 5.32 Å². The number of benzene rings is 1. The second-order valence-electron chi connectivity index (χ2n) is 10.2. The number of nitrogens with one attached hydrogen (secondary N) is 1. The first-order valence-electron chi connectivity index (χ1n) is 14.0. The summed E-state index contributed by atoms with van der Waals surface area (Å²) in [6.45, 7) is 2.11. The van der Waals surface area contributed by atoms with Gasteiger partial charge < -0.3 is 35.2 Å². The topological polar surface area (TPSA) is 146 Å². The Hall–Kier alpha value is -1.99. The highest BCUT2D eigenvalue weighted by atomic mass is 125. The normalized spacial score (nSPS) is 22.9. The fourth-order valence-electron chi connectivity index (χ4n) is 4.62. The lowest BCUT2D eigenvalue weighted by Gasteiger charge is -2.36. The number of aliphatic hydroxyl groups is 3. The van der Waals surface area contributed by atoms with Gasteiger partial charge in [-0.3, -0.25) is 4.79 Å². The van der Waals surface area contributed by atoms with Crippen LogP contribution in [0.1, 0.15) is 70.3 Å². The Balaban J connectivity index is 1.82. The molecular formula is C30H44INO8. The Labute approximate surface area is 250 Å². The predicted octanol–water partition coefficient (Wildman–Crippen LogP) is 3.90. The Morgan fingerprint density at radius 2 is 2.00 bits per heavy atom. The molecule has 224 valence electrons. The third kappa shape index (κ3) is 12.3. The minimum absolute atomic E-state index is 0.132. The molecule has 0 saturated carbocycles. The van der Waals surface area contributed by atoms with E-state index in [1.807, 2.05) is 34.7 Å². The van der Waals surface area contributed by atoms with Gasteiger partial charge >= 0.3 is 5.97 Å². The van der Waals surface area contributed by atoms with Crippen LogP contribution in [-0.4, -0.2) is 70.1 Å². The van der Waals surface area contributed by atoms with Crippen LogP contribution in [0.25, 0.3) is 0 Å². The lowest BCUT2D eigenvalue weighted by Crippen LogP contribution is -2.43. The van der Waals surface area contributed by atoms with E-state index in [4.69, 9.17) is 9.47 Å². The first kappa shape index (κ1) is 34.2. The summed E-state index contributed by atoms with van der Waals surface area (Å²) in [5, 5.41) is 43.1. The molecule has 0 spiro atoms.